The number of quaternary nitrogens is 1. The van der Waals surface area contributed by atoms with Crippen LogP contribution >= 0.6 is 0 Å². The van der Waals surface area contributed by atoms with Crippen LogP contribution in [0.1, 0.15) is 34.6 Å². The average molecular weight is 385 g/mol. The zero-order chi connectivity index (χ0) is 19.5. The number of ketones is 1. The fourth-order valence-corrected chi connectivity index (χ4v) is 4.33. The first kappa shape index (κ1) is 19.1. The molecule has 0 radical (unpaired) electrons. The Morgan fingerprint density at radius 1 is 1.25 bits per heavy atom. The molecule has 0 spiro atoms. The van der Waals surface area contributed by atoms with Crippen molar-refractivity contribution in [2.24, 2.45) is 0 Å². The summed E-state index contributed by atoms with van der Waals surface area (Å²) in [4.78, 5) is 25.2. The smallest absolute Gasteiger partial charge is 0.225 e. The molecular weight excluding hydrogens is 354 g/mol. The van der Waals surface area contributed by atoms with Gasteiger partial charge in [-0.25, -0.2) is 9.97 Å². The van der Waals surface area contributed by atoms with Gasteiger partial charge in [-0.2, -0.15) is 0 Å². The number of aromatic nitrogens is 3. The minimum absolute atomic E-state index is 0.242. The van der Waals surface area contributed by atoms with E-state index in [0.717, 1.165) is 75.1 Å². The Kier molecular flexibility index (Phi) is 5.73. The van der Waals surface area contributed by atoms with E-state index in [2.05, 4.69) is 39.3 Å². The first-order valence-corrected chi connectivity index (χ1v) is 10.3. The molecule has 2 saturated heterocycles. The number of rotatable bonds is 6. The summed E-state index contributed by atoms with van der Waals surface area (Å²) in [6.45, 7) is 10.0. The highest BCUT2D eigenvalue weighted by Crippen LogP contribution is 2.20. The van der Waals surface area contributed by atoms with Gasteiger partial charge in [0, 0.05) is 42.5 Å². The molecule has 28 heavy (non-hydrogen) atoms. The van der Waals surface area contributed by atoms with Crippen molar-refractivity contribution in [1.29, 1.82) is 0 Å². The topological polar surface area (TPSA) is 64.7 Å². The molecule has 2 aromatic rings. The fraction of sp³-hybridized carbons (Fsp3) is 0.571. The van der Waals surface area contributed by atoms with Crippen LogP contribution in [0.25, 0.3) is 0 Å². The normalized spacial score (nSPS) is 20.6. The molecule has 2 aliphatic rings. The van der Waals surface area contributed by atoms with Crippen LogP contribution in [-0.4, -0.2) is 65.8 Å². The van der Waals surface area contributed by atoms with E-state index < -0.39 is 0 Å². The summed E-state index contributed by atoms with van der Waals surface area (Å²) in [6, 6.07) is 3.89. The fourth-order valence-electron chi connectivity index (χ4n) is 4.33. The summed E-state index contributed by atoms with van der Waals surface area (Å²) in [6.07, 6.45) is 6.08. The summed E-state index contributed by atoms with van der Waals surface area (Å²) in [5, 5.41) is 0. The molecule has 4 heterocycles. The average Bonchev–Trinajstić information content (AvgIpc) is 3.33. The number of ether oxygens (including phenoxy) is 1. The van der Waals surface area contributed by atoms with Crippen molar-refractivity contribution in [1.82, 2.24) is 14.5 Å². The van der Waals surface area contributed by atoms with Gasteiger partial charge in [0.2, 0.25) is 11.7 Å². The van der Waals surface area contributed by atoms with Crippen molar-refractivity contribution in [3.63, 3.8) is 0 Å². The second kappa shape index (κ2) is 8.41. The lowest BCUT2D eigenvalue weighted by atomic mass is 10.1. The maximum atomic E-state index is 13.0. The van der Waals surface area contributed by atoms with Crippen LogP contribution in [0.3, 0.4) is 0 Å². The van der Waals surface area contributed by atoms with Crippen molar-refractivity contribution in [3.8, 4) is 0 Å². The molecule has 1 atom stereocenters. The third-order valence-corrected chi connectivity index (χ3v) is 6.00. The van der Waals surface area contributed by atoms with Crippen molar-refractivity contribution >= 4 is 11.7 Å². The van der Waals surface area contributed by atoms with Gasteiger partial charge in [0.1, 0.15) is 6.54 Å². The van der Waals surface area contributed by atoms with Crippen molar-refractivity contribution in [2.45, 2.75) is 39.3 Å². The number of anilines is 1. The third-order valence-electron chi connectivity index (χ3n) is 6.00. The maximum Gasteiger partial charge on any atom is 0.225 e. The van der Waals surface area contributed by atoms with Gasteiger partial charge in [0.25, 0.3) is 0 Å². The first-order valence-electron chi connectivity index (χ1n) is 10.3. The number of Topliss-reactive ketones (excluding diaryl/α,β-unsaturated/α-hetero) is 1. The zero-order valence-corrected chi connectivity index (χ0v) is 16.9. The second-order valence-corrected chi connectivity index (χ2v) is 7.92. The predicted octanol–water partition coefficient (Wildman–Crippen LogP) is 0.662. The van der Waals surface area contributed by atoms with E-state index in [-0.39, 0.29) is 11.9 Å². The lowest BCUT2D eigenvalue weighted by Gasteiger charge is -2.31. The largest absolute Gasteiger partial charge is 0.376 e. The van der Waals surface area contributed by atoms with E-state index in [1.165, 1.54) is 4.90 Å². The van der Waals surface area contributed by atoms with E-state index in [0.29, 0.717) is 6.54 Å². The molecule has 2 fully saturated rings. The maximum absolute atomic E-state index is 13.0. The number of hydrogen-bond donors (Lipinski definition) is 1. The Labute approximate surface area is 166 Å². The summed E-state index contributed by atoms with van der Waals surface area (Å²) in [5.74, 6) is 1.02. The standard InChI is InChI=1S/C21H29N5O2/c1-16-13-19(17(2)26(16)14-18-5-3-12-28-18)20(27)15-24-8-10-25(11-9-24)21-22-6-4-7-23-21/h4,6-7,13,18H,3,5,8-12,14-15H2,1-2H3/p+1/t18-/m1/s1. The monoisotopic (exact) mass is 384 g/mol. The van der Waals surface area contributed by atoms with E-state index >= 15 is 0 Å². The number of hydrogen-bond acceptors (Lipinski definition) is 5. The molecule has 2 aliphatic heterocycles. The van der Waals surface area contributed by atoms with Crippen LogP contribution in [0.4, 0.5) is 5.95 Å². The molecule has 0 bridgehead atoms. The van der Waals surface area contributed by atoms with Gasteiger partial charge in [-0.1, -0.05) is 0 Å². The number of aryl methyl sites for hydroxylation is 1. The molecule has 0 amide bonds. The van der Waals surface area contributed by atoms with Crippen LogP contribution in [0, 0.1) is 13.8 Å². The van der Waals surface area contributed by atoms with Gasteiger partial charge in [-0.3, -0.25) is 4.79 Å². The van der Waals surface area contributed by atoms with Gasteiger partial charge >= 0.3 is 0 Å². The Morgan fingerprint density at radius 3 is 2.68 bits per heavy atom. The number of nitrogens with zero attached hydrogens (tertiary/aromatic N) is 4. The lowest BCUT2D eigenvalue weighted by molar-refractivity contribution is -0.892. The van der Waals surface area contributed by atoms with E-state index in [4.69, 9.17) is 4.74 Å². The highest BCUT2D eigenvalue weighted by atomic mass is 16.5. The third kappa shape index (κ3) is 4.10. The zero-order valence-electron chi connectivity index (χ0n) is 16.9. The Hall–Kier alpha value is -2.25. The molecule has 0 aliphatic carbocycles. The van der Waals surface area contributed by atoms with Gasteiger partial charge in [-0.05, 0) is 38.8 Å². The van der Waals surface area contributed by atoms with Crippen molar-refractivity contribution < 1.29 is 14.4 Å². The van der Waals surface area contributed by atoms with Crippen LogP contribution in [-0.2, 0) is 11.3 Å². The van der Waals surface area contributed by atoms with Crippen molar-refractivity contribution in [3.05, 3.63) is 41.5 Å². The van der Waals surface area contributed by atoms with E-state index in [1.807, 2.05) is 6.07 Å². The Bertz CT molecular complexity index is 806. The highest BCUT2D eigenvalue weighted by Gasteiger charge is 2.26. The van der Waals surface area contributed by atoms with Crippen molar-refractivity contribution in [2.75, 3.05) is 44.2 Å². The predicted molar refractivity (Wildman–Crippen MR) is 107 cm³/mol. The van der Waals surface area contributed by atoms with Crippen LogP contribution < -0.4 is 9.80 Å². The quantitative estimate of drug-likeness (QED) is 0.742. The summed E-state index contributed by atoms with van der Waals surface area (Å²) in [5.41, 5.74) is 3.10. The van der Waals surface area contributed by atoms with Gasteiger partial charge in [-0.15, -0.1) is 0 Å². The molecular formula is C21H30N5O2+. The molecule has 4 rings (SSSR count). The molecule has 1 N–H and O–H groups in total. The van der Waals surface area contributed by atoms with Crippen LogP contribution in [0.2, 0.25) is 0 Å². The minimum atomic E-state index is 0.242. The lowest BCUT2D eigenvalue weighted by Crippen LogP contribution is -3.15. The highest BCUT2D eigenvalue weighted by molar-refractivity contribution is 5.98. The summed E-state index contributed by atoms with van der Waals surface area (Å²) < 4.78 is 8.03. The molecule has 0 unspecified atom stereocenters. The second-order valence-electron chi connectivity index (χ2n) is 7.92. The first-order chi connectivity index (χ1) is 13.6. The van der Waals surface area contributed by atoms with Gasteiger partial charge in [0.05, 0.1) is 32.3 Å². The number of carbonyl (C=O) groups excluding carboxylic acids is 1. The van der Waals surface area contributed by atoms with Gasteiger partial charge in [0.15, 0.2) is 0 Å². The molecule has 7 heteroatoms. The Balaban J connectivity index is 1.35. The Morgan fingerprint density at radius 2 is 2.00 bits per heavy atom. The van der Waals surface area contributed by atoms with Gasteiger partial charge < -0.3 is 19.1 Å². The van der Waals surface area contributed by atoms with E-state index in [1.54, 1.807) is 12.4 Å². The SMILES string of the molecule is Cc1cc(C(=O)C[NH+]2CCN(c3ncccn3)CC2)c(C)n1C[C@H]1CCCO1. The molecule has 150 valence electrons. The number of carbonyl (C=O) groups is 1. The van der Waals surface area contributed by atoms with Crippen LogP contribution in [0.5, 0.6) is 0 Å². The summed E-state index contributed by atoms with van der Waals surface area (Å²) in [7, 11) is 0. The number of nitrogens with one attached hydrogen (secondary N) is 1. The number of piperazine rings is 1. The molecule has 0 aromatic carbocycles. The minimum Gasteiger partial charge on any atom is -0.376 e. The van der Waals surface area contributed by atoms with Crippen LogP contribution in [0.15, 0.2) is 24.5 Å². The molecule has 7 nitrogen and oxygen atoms in total. The summed E-state index contributed by atoms with van der Waals surface area (Å²) >= 11 is 0. The van der Waals surface area contributed by atoms with E-state index in [9.17, 15) is 4.79 Å². The molecule has 0 saturated carbocycles. The molecule has 2 aromatic heterocycles.